The van der Waals surface area contributed by atoms with E-state index in [-0.39, 0.29) is 26.4 Å². The lowest BCUT2D eigenvalue weighted by Gasteiger charge is -2.19. The molecular weight excluding hydrogens is 512 g/mol. The van der Waals surface area contributed by atoms with Gasteiger partial charge in [-0.05, 0) is 24.3 Å². The molecule has 0 aliphatic heterocycles. The molecule has 2 aromatic carbocycles. The number of nitrogen functional groups attached to an aromatic ring is 2. The van der Waals surface area contributed by atoms with E-state index in [2.05, 4.69) is 0 Å². The number of anilines is 2. The summed E-state index contributed by atoms with van der Waals surface area (Å²) in [6.07, 6.45) is 0. The Morgan fingerprint density at radius 3 is 1.19 bits per heavy atom. The zero-order valence-corrected chi connectivity index (χ0v) is 21.7. The Hall–Kier alpha value is -2.73. The Balaban J connectivity index is 0.000000594. The number of aliphatic hydroxyl groups is 4. The summed E-state index contributed by atoms with van der Waals surface area (Å²) >= 11 is 0. The van der Waals surface area contributed by atoms with E-state index < -0.39 is 10.4 Å². The average Bonchev–Trinajstić information content (AvgIpc) is 2.83. The quantitative estimate of drug-likeness (QED) is 0.0721. The molecule has 37 heavy (non-hydrogen) atoms. The van der Waals surface area contributed by atoms with Crippen molar-refractivity contribution in [2.75, 3.05) is 78.3 Å². The summed E-state index contributed by atoms with van der Waals surface area (Å²) in [6.45, 7) is 2.25. The van der Waals surface area contributed by atoms with E-state index in [1.165, 1.54) is 0 Å². The van der Waals surface area contributed by atoms with E-state index in [0.29, 0.717) is 49.1 Å². The number of rotatable bonds is 12. The van der Waals surface area contributed by atoms with Gasteiger partial charge in [-0.1, -0.05) is 0 Å². The van der Waals surface area contributed by atoms with Gasteiger partial charge in [0.05, 0.1) is 40.6 Å². The third-order valence-electron chi connectivity index (χ3n) is 4.86. The molecule has 0 aromatic heterocycles. The smallest absolute Gasteiger partial charge is 0.179 e. The molecule has 0 spiro atoms. The van der Waals surface area contributed by atoms with Crippen LogP contribution in [-0.4, -0.2) is 105 Å². The van der Waals surface area contributed by atoms with Gasteiger partial charge in [0.2, 0.25) is 0 Å². The first-order valence-corrected chi connectivity index (χ1v) is 12.5. The lowest BCUT2D eigenvalue weighted by molar-refractivity contribution is -0.834. The molecule has 10 N–H and O–H groups in total. The topological polar surface area (TPSA) is 241 Å². The van der Waals surface area contributed by atoms with Crippen molar-refractivity contribution in [2.45, 2.75) is 0 Å². The van der Waals surface area contributed by atoms with Crippen molar-refractivity contribution in [1.29, 1.82) is 0 Å². The van der Waals surface area contributed by atoms with Crippen LogP contribution in [0.5, 0.6) is 11.5 Å². The molecule has 212 valence electrons. The van der Waals surface area contributed by atoms with Crippen molar-refractivity contribution in [1.82, 2.24) is 0 Å². The zero-order chi connectivity index (χ0) is 28.4. The molecule has 2 aromatic rings. The first-order chi connectivity index (χ1) is 17.4. The fraction of sp³-hybridized carbons (Fsp3) is 0.455. The van der Waals surface area contributed by atoms with Crippen LogP contribution in [0.2, 0.25) is 0 Å². The van der Waals surface area contributed by atoms with Gasteiger partial charge in [-0.25, -0.2) is 0 Å². The Morgan fingerprint density at radius 2 is 0.973 bits per heavy atom. The van der Waals surface area contributed by atoms with E-state index in [9.17, 15) is 0 Å². The fourth-order valence-corrected chi connectivity index (χ4v) is 3.33. The minimum absolute atomic E-state index is 0.0489. The highest BCUT2D eigenvalue weighted by atomic mass is 32.3. The second-order valence-electron chi connectivity index (χ2n) is 7.43. The molecule has 0 aliphatic carbocycles. The molecule has 0 fully saturated rings. The Bertz CT molecular complexity index is 925. The van der Waals surface area contributed by atoms with Crippen molar-refractivity contribution >= 4 is 33.1 Å². The molecule has 14 nitrogen and oxygen atoms in total. The Morgan fingerprint density at radius 1 is 0.703 bits per heavy atom. The Labute approximate surface area is 216 Å². The second kappa shape index (κ2) is 18.5. The summed E-state index contributed by atoms with van der Waals surface area (Å²) in [5, 5.41) is 35.9. The molecule has 0 saturated carbocycles. The monoisotopic (exact) mass is 550 g/mol. The van der Waals surface area contributed by atoms with Crippen LogP contribution in [-0.2, 0) is 10.4 Å². The zero-order valence-electron chi connectivity index (χ0n) is 20.9. The molecular formula is C22H38N4O10S. The highest BCUT2D eigenvalue weighted by Crippen LogP contribution is 2.23. The molecule has 2 rings (SSSR count). The number of hydrogen-bond donors (Lipinski definition) is 8. The molecule has 0 atom stereocenters. The summed E-state index contributed by atoms with van der Waals surface area (Å²) in [4.78, 5) is 1.91. The molecule has 0 bridgehead atoms. The minimum atomic E-state index is -5.17. The van der Waals surface area contributed by atoms with Crippen molar-refractivity contribution in [3.63, 3.8) is 0 Å². The number of methoxy groups -OCH3 is 2. The molecule has 0 amide bonds. The summed E-state index contributed by atoms with van der Waals surface area (Å²) < 4.78 is 44.6. The summed E-state index contributed by atoms with van der Waals surface area (Å²) in [5.41, 5.74) is 14.5. The van der Waals surface area contributed by atoms with Crippen LogP contribution in [0, 0.1) is 0 Å². The second-order valence-corrected chi connectivity index (χ2v) is 8.25. The van der Waals surface area contributed by atoms with Crippen LogP contribution in [0.25, 0.3) is 0 Å². The molecule has 0 unspecified atom stereocenters. The summed E-state index contributed by atoms with van der Waals surface area (Å²) in [5.74, 6) is 1.43. The molecule has 15 heteroatoms. The van der Waals surface area contributed by atoms with Gasteiger partial charge in [-0.15, -0.1) is 0 Å². The van der Waals surface area contributed by atoms with E-state index in [4.69, 9.17) is 58.9 Å². The van der Waals surface area contributed by atoms with E-state index >= 15 is 0 Å². The van der Waals surface area contributed by atoms with Crippen molar-refractivity contribution < 1.29 is 57.2 Å². The predicted octanol–water partition coefficient (Wildman–Crippen LogP) is -3.78. The van der Waals surface area contributed by atoms with Gasteiger partial charge in [0.15, 0.2) is 22.9 Å². The fourth-order valence-electron chi connectivity index (χ4n) is 3.33. The maximum atomic E-state index is 8.98. The standard InChI is InChI=1S/2C11H18N2O3.H2O4S/c2*1-16-11-3-2-9(12)8-10(11)13(4-6-14)5-7-15;1-5(2,3)4/h2*2-3,8,14-15H,4-7,12H2,1H3;(H2,1,2,3,4). The van der Waals surface area contributed by atoms with E-state index in [1.54, 1.807) is 50.6 Å². The lowest BCUT2D eigenvalue weighted by atomic mass is 10.2. The number of ether oxygens (including phenoxy) is 2. The van der Waals surface area contributed by atoms with Gasteiger partial charge in [0.1, 0.15) is 26.2 Å². The van der Waals surface area contributed by atoms with Crippen molar-refractivity contribution in [3.8, 4) is 11.5 Å². The molecule has 0 saturated heterocycles. The lowest BCUT2D eigenvalue weighted by Crippen LogP contribution is -3.08. The third kappa shape index (κ3) is 14.6. The van der Waals surface area contributed by atoms with Crippen LogP contribution >= 0.6 is 0 Å². The average molecular weight is 551 g/mol. The number of nitrogens with two attached hydrogens (primary N) is 2. The van der Waals surface area contributed by atoms with Gasteiger partial charge in [-0.3, -0.25) is 18.2 Å². The summed E-state index contributed by atoms with van der Waals surface area (Å²) in [6, 6.07) is 10.7. The van der Waals surface area contributed by atoms with E-state index in [1.807, 2.05) is 0 Å². The molecule has 0 radical (unpaired) electrons. The van der Waals surface area contributed by atoms with Gasteiger partial charge in [-0.2, -0.15) is 0 Å². The highest BCUT2D eigenvalue weighted by molar-refractivity contribution is 7.79. The van der Waals surface area contributed by atoms with Gasteiger partial charge < -0.3 is 50.5 Å². The van der Waals surface area contributed by atoms with Crippen molar-refractivity contribution in [2.24, 2.45) is 0 Å². The minimum Gasteiger partial charge on any atom is -0.759 e. The van der Waals surface area contributed by atoms with Crippen molar-refractivity contribution in [3.05, 3.63) is 36.4 Å². The largest absolute Gasteiger partial charge is 0.759 e. The normalized spacial score (nSPS) is 10.9. The predicted molar refractivity (Wildman–Crippen MR) is 134 cm³/mol. The number of aliphatic hydroxyl groups excluding tert-OH is 4. The maximum absolute atomic E-state index is 8.98. The summed E-state index contributed by atoms with van der Waals surface area (Å²) in [7, 11) is -1.99. The van der Waals surface area contributed by atoms with Gasteiger partial charge >= 0.3 is 0 Å². The number of benzene rings is 2. The molecule has 0 aliphatic rings. The van der Waals surface area contributed by atoms with E-state index in [0.717, 1.165) is 21.2 Å². The number of hydrogen-bond acceptors (Lipinski definition) is 12. The SMILES string of the molecule is COc1ccc(N)cc1[NH+](CCO)CCO.COc1ccc(N)cc1[NH+](CCO)CCO.O=S(=O)([O-])[O-]. The maximum Gasteiger partial charge on any atom is 0.179 e. The van der Waals surface area contributed by atoms with Gasteiger partial charge in [0, 0.05) is 33.9 Å². The first-order valence-electron chi connectivity index (χ1n) is 11.1. The van der Waals surface area contributed by atoms with Crippen LogP contribution < -0.4 is 30.7 Å². The Kier molecular flexibility index (Phi) is 17.1. The number of quaternary nitrogens is 2. The third-order valence-corrected chi connectivity index (χ3v) is 4.86. The van der Waals surface area contributed by atoms with Crippen LogP contribution in [0.3, 0.4) is 0 Å². The van der Waals surface area contributed by atoms with Crippen LogP contribution in [0.1, 0.15) is 0 Å². The van der Waals surface area contributed by atoms with Gasteiger partial charge in [0.25, 0.3) is 0 Å². The van der Waals surface area contributed by atoms with Crippen LogP contribution in [0.4, 0.5) is 22.7 Å². The highest BCUT2D eigenvalue weighted by Gasteiger charge is 2.18. The number of nitrogens with one attached hydrogen (secondary N) is 2. The van der Waals surface area contributed by atoms with Crippen LogP contribution in [0.15, 0.2) is 36.4 Å². The first kappa shape index (κ1) is 34.3. The molecule has 0 heterocycles.